The van der Waals surface area contributed by atoms with E-state index in [1.165, 1.54) is 73.0 Å². The molecule has 3 aliphatic carbocycles. The standard InChI is InChI=1S/C64H48N4O2/c69-63-41-42-64(70)68(63)54-39-27-48(28-40-54)45-21-33-51(34-22-45)65(49-29-17-43(18-30-49)46-23-35-52(36-24-46)66-59-13-5-1-9-55(59)56-10-2-6-14-60(56)66)50-31-19-44(20-32-50)47-25-37-53(38-26-47)67-61-15-7-3-11-57(61)58-12-4-8-16-62(58)67/h1,3,5-6,8-9,11,13-14,16-42H,2,4,7,10,12,15H2. The molecular weight excluding hydrogens is 857 g/mol. The summed E-state index contributed by atoms with van der Waals surface area (Å²) in [7, 11) is 0. The first-order valence-electron chi connectivity index (χ1n) is 24.4. The number of aromatic nitrogens is 2. The molecule has 4 aliphatic rings. The van der Waals surface area contributed by atoms with Crippen molar-refractivity contribution in [3.63, 3.8) is 0 Å². The minimum Gasteiger partial charge on any atom is -0.313 e. The molecule has 2 amide bonds. The first kappa shape index (κ1) is 41.4. The summed E-state index contributed by atoms with van der Waals surface area (Å²) < 4.78 is 4.89. The average molecular weight is 905 g/mol. The van der Waals surface area contributed by atoms with Gasteiger partial charge in [-0.1, -0.05) is 115 Å². The SMILES string of the molecule is O=C1C=CC(=O)N1c1ccc(-c2ccc(N(c3ccc(-c4ccc(-n5c6c(c7c5CCC=C7)CCC=C6)cc4)cc3)c3ccc(-c4ccc(-n5c6c(c7ccccc75)CCC=C6)cc4)cc3)cc2)cc1. The highest BCUT2D eigenvalue weighted by molar-refractivity contribution is 6.28. The second-order valence-corrected chi connectivity index (χ2v) is 18.6. The van der Waals surface area contributed by atoms with Crippen molar-refractivity contribution in [3.8, 4) is 44.8 Å². The van der Waals surface area contributed by atoms with Gasteiger partial charge < -0.3 is 14.0 Å². The van der Waals surface area contributed by atoms with E-state index < -0.39 is 0 Å². The number of para-hydroxylation sites is 1. The van der Waals surface area contributed by atoms with Crippen molar-refractivity contribution in [1.82, 2.24) is 9.13 Å². The summed E-state index contributed by atoms with van der Waals surface area (Å²) in [6, 6.07) is 60.6. The van der Waals surface area contributed by atoms with Crippen LogP contribution in [-0.4, -0.2) is 20.9 Å². The Morgan fingerprint density at radius 1 is 0.371 bits per heavy atom. The van der Waals surface area contributed by atoms with E-state index in [1.54, 1.807) is 0 Å². The van der Waals surface area contributed by atoms with Crippen molar-refractivity contribution in [3.05, 3.63) is 234 Å². The number of benzene rings is 7. The molecule has 0 fully saturated rings. The maximum Gasteiger partial charge on any atom is 0.258 e. The number of allylic oxidation sites excluding steroid dienone is 3. The normalized spacial score (nSPS) is 14.6. The summed E-state index contributed by atoms with van der Waals surface area (Å²) in [5.41, 5.74) is 22.3. The van der Waals surface area contributed by atoms with Gasteiger partial charge in [0.1, 0.15) is 0 Å². The van der Waals surface area contributed by atoms with Crippen LogP contribution >= 0.6 is 0 Å². The lowest BCUT2D eigenvalue weighted by molar-refractivity contribution is -0.119. The van der Waals surface area contributed by atoms with Gasteiger partial charge in [0.2, 0.25) is 0 Å². The van der Waals surface area contributed by atoms with Gasteiger partial charge in [-0.05, 0) is 180 Å². The lowest BCUT2D eigenvalue weighted by Crippen LogP contribution is -2.29. The lowest BCUT2D eigenvalue weighted by Gasteiger charge is -2.26. The predicted molar refractivity (Wildman–Crippen MR) is 287 cm³/mol. The van der Waals surface area contributed by atoms with Gasteiger partial charge in [-0.25, -0.2) is 4.90 Å². The molecule has 6 heteroatoms. The first-order valence-corrected chi connectivity index (χ1v) is 24.4. The fraction of sp³-hybridized carbons (Fsp3) is 0.0938. The molecule has 0 radical (unpaired) electrons. The molecule has 13 rings (SSSR count). The summed E-state index contributed by atoms with van der Waals surface area (Å²) in [5, 5.41) is 1.34. The third kappa shape index (κ3) is 7.10. The Labute approximate surface area is 407 Å². The number of carbonyl (C=O) groups excluding carboxylic acids is 2. The zero-order valence-electron chi connectivity index (χ0n) is 38.6. The lowest BCUT2D eigenvalue weighted by atomic mass is 9.96. The van der Waals surface area contributed by atoms with Crippen molar-refractivity contribution in [1.29, 1.82) is 0 Å². The maximum absolute atomic E-state index is 12.3. The van der Waals surface area contributed by atoms with Gasteiger partial charge in [-0.15, -0.1) is 0 Å². The Bertz CT molecular complexity index is 3620. The number of amides is 2. The molecule has 9 aromatic rings. The third-order valence-electron chi connectivity index (χ3n) is 14.5. The summed E-state index contributed by atoms with van der Waals surface area (Å²) in [6.45, 7) is 0. The monoisotopic (exact) mass is 904 g/mol. The molecule has 0 bridgehead atoms. The Morgan fingerprint density at radius 2 is 0.786 bits per heavy atom. The van der Waals surface area contributed by atoms with Gasteiger partial charge in [0.15, 0.2) is 0 Å². The molecule has 6 nitrogen and oxygen atoms in total. The number of fused-ring (bicyclic) bond motifs is 6. The fourth-order valence-electron chi connectivity index (χ4n) is 11.1. The first-order chi connectivity index (χ1) is 34.5. The van der Waals surface area contributed by atoms with Gasteiger partial charge in [0.05, 0.1) is 11.2 Å². The van der Waals surface area contributed by atoms with E-state index >= 15 is 0 Å². The highest BCUT2D eigenvalue weighted by atomic mass is 16.2. The van der Waals surface area contributed by atoms with Crippen LogP contribution in [-0.2, 0) is 28.9 Å². The molecule has 0 saturated carbocycles. The van der Waals surface area contributed by atoms with E-state index in [2.05, 4.69) is 196 Å². The highest BCUT2D eigenvalue weighted by Crippen LogP contribution is 2.40. The van der Waals surface area contributed by atoms with Crippen LogP contribution in [0.2, 0.25) is 0 Å². The number of anilines is 4. The smallest absolute Gasteiger partial charge is 0.258 e. The molecule has 2 aromatic heterocycles. The van der Waals surface area contributed by atoms with Crippen LogP contribution in [0.4, 0.5) is 22.7 Å². The number of hydrogen-bond acceptors (Lipinski definition) is 3. The van der Waals surface area contributed by atoms with E-state index in [0.717, 1.165) is 89.1 Å². The van der Waals surface area contributed by atoms with Crippen molar-refractivity contribution >= 4 is 63.7 Å². The van der Waals surface area contributed by atoms with E-state index in [1.807, 2.05) is 24.3 Å². The van der Waals surface area contributed by atoms with Crippen LogP contribution in [0.25, 0.3) is 73.9 Å². The quantitative estimate of drug-likeness (QED) is 0.136. The van der Waals surface area contributed by atoms with Gasteiger partial charge >= 0.3 is 0 Å². The molecule has 0 saturated heterocycles. The van der Waals surface area contributed by atoms with Gasteiger partial charge in [-0.2, -0.15) is 0 Å². The predicted octanol–water partition coefficient (Wildman–Crippen LogP) is 15.2. The summed E-state index contributed by atoms with van der Waals surface area (Å²) in [4.78, 5) is 28.1. The second-order valence-electron chi connectivity index (χ2n) is 18.6. The molecule has 336 valence electrons. The average Bonchev–Trinajstić information content (AvgIpc) is 4.07. The molecule has 1 aliphatic heterocycles. The topological polar surface area (TPSA) is 50.5 Å². The van der Waals surface area contributed by atoms with Crippen molar-refractivity contribution in [2.75, 3.05) is 9.80 Å². The molecular formula is C64H48N4O2. The number of aryl methyl sites for hydroxylation is 1. The number of carbonyl (C=O) groups is 2. The van der Waals surface area contributed by atoms with Gasteiger partial charge in [-0.3, -0.25) is 9.59 Å². The minimum absolute atomic E-state index is 0.323. The Morgan fingerprint density at radius 3 is 1.31 bits per heavy atom. The molecule has 70 heavy (non-hydrogen) atoms. The molecule has 0 atom stereocenters. The van der Waals surface area contributed by atoms with Crippen molar-refractivity contribution in [2.45, 2.75) is 38.5 Å². The van der Waals surface area contributed by atoms with Crippen LogP contribution in [0.5, 0.6) is 0 Å². The zero-order chi connectivity index (χ0) is 46.7. The van der Waals surface area contributed by atoms with Crippen LogP contribution in [0.3, 0.4) is 0 Å². The van der Waals surface area contributed by atoms with E-state index in [0.29, 0.717) is 5.69 Å². The zero-order valence-corrected chi connectivity index (χ0v) is 38.6. The molecule has 0 unspecified atom stereocenters. The molecule has 0 N–H and O–H groups in total. The van der Waals surface area contributed by atoms with Crippen LogP contribution in [0.15, 0.2) is 200 Å². The Balaban J connectivity index is 0.810. The maximum atomic E-state index is 12.3. The van der Waals surface area contributed by atoms with Crippen molar-refractivity contribution in [2.24, 2.45) is 0 Å². The van der Waals surface area contributed by atoms with Crippen LogP contribution < -0.4 is 9.80 Å². The van der Waals surface area contributed by atoms with Crippen LogP contribution in [0, 0.1) is 0 Å². The molecule has 0 spiro atoms. The number of rotatable bonds is 9. The van der Waals surface area contributed by atoms with Gasteiger partial charge in [0, 0.05) is 63.1 Å². The Hall–Kier alpha value is -8.74. The van der Waals surface area contributed by atoms with E-state index in [9.17, 15) is 9.59 Å². The number of imide groups is 1. The Kier molecular flexibility index (Phi) is 10.1. The molecule has 3 heterocycles. The van der Waals surface area contributed by atoms with Crippen LogP contribution in [0.1, 0.15) is 53.0 Å². The number of hydrogen-bond donors (Lipinski definition) is 0. The summed E-state index contributed by atoms with van der Waals surface area (Å²) in [5.74, 6) is -0.646. The minimum atomic E-state index is -0.323. The second kappa shape index (κ2) is 17.1. The molecule has 7 aromatic carbocycles. The van der Waals surface area contributed by atoms with E-state index in [4.69, 9.17) is 0 Å². The number of nitrogens with zero attached hydrogens (tertiary/aromatic N) is 4. The third-order valence-corrected chi connectivity index (χ3v) is 14.5. The highest BCUT2D eigenvalue weighted by Gasteiger charge is 2.26. The van der Waals surface area contributed by atoms with E-state index in [-0.39, 0.29) is 11.8 Å². The van der Waals surface area contributed by atoms with Gasteiger partial charge in [0.25, 0.3) is 11.8 Å². The fourth-order valence-corrected chi connectivity index (χ4v) is 11.1. The largest absolute Gasteiger partial charge is 0.313 e. The van der Waals surface area contributed by atoms with Crippen molar-refractivity contribution < 1.29 is 9.59 Å². The summed E-state index contributed by atoms with van der Waals surface area (Å²) >= 11 is 0. The summed E-state index contributed by atoms with van der Waals surface area (Å²) in [6.07, 6.45) is 23.0.